The number of morpholine rings is 1. The van der Waals surface area contributed by atoms with Gasteiger partial charge in [-0.1, -0.05) is 70.1 Å². The third-order valence-electron chi connectivity index (χ3n) is 11.9. The molecule has 10 nitrogen and oxygen atoms in total. The first-order valence-electron chi connectivity index (χ1n) is 18.7. The molecule has 4 fully saturated rings. The third kappa shape index (κ3) is 7.48. The molecule has 4 saturated heterocycles. The highest BCUT2D eigenvalue weighted by Crippen LogP contribution is 2.48. The van der Waals surface area contributed by atoms with Crippen LogP contribution in [0.4, 0.5) is 4.79 Å². The summed E-state index contributed by atoms with van der Waals surface area (Å²) < 4.78 is 37.8. The molecule has 5 aliphatic heterocycles. The molecule has 6 aliphatic rings. The molecule has 6 rings (SSSR count). The number of esters is 1. The highest BCUT2D eigenvalue weighted by Gasteiger charge is 2.61. The zero-order valence-electron chi connectivity index (χ0n) is 30.5. The van der Waals surface area contributed by atoms with E-state index in [1.54, 1.807) is 24.0 Å². The first kappa shape index (κ1) is 37.5. The number of carbonyl (C=O) groups is 2. The van der Waals surface area contributed by atoms with Crippen LogP contribution in [0.15, 0.2) is 47.1 Å². The van der Waals surface area contributed by atoms with E-state index in [1.165, 1.54) is 0 Å². The van der Waals surface area contributed by atoms with Crippen LogP contribution in [0.1, 0.15) is 80.1 Å². The summed E-state index contributed by atoms with van der Waals surface area (Å²) in [4.78, 5) is 29.2. The summed E-state index contributed by atoms with van der Waals surface area (Å²) in [6.07, 6.45) is 10.5. The minimum atomic E-state index is -1.81. The summed E-state index contributed by atoms with van der Waals surface area (Å²) in [6.45, 7) is 14.3. The molecule has 11 heteroatoms. The highest BCUT2D eigenvalue weighted by atomic mass is 35.5. The lowest BCUT2D eigenvalue weighted by Gasteiger charge is -2.51. The Bertz CT molecular complexity index is 1380. The van der Waals surface area contributed by atoms with Crippen molar-refractivity contribution in [3.05, 3.63) is 47.1 Å². The molecule has 0 aromatic heterocycles. The van der Waals surface area contributed by atoms with E-state index in [2.05, 4.69) is 33.8 Å². The van der Waals surface area contributed by atoms with Gasteiger partial charge in [0.15, 0.2) is 11.9 Å². The fourth-order valence-corrected chi connectivity index (χ4v) is 8.77. The fourth-order valence-electron chi connectivity index (χ4n) is 8.60. The molecule has 278 valence electrons. The Kier molecular flexibility index (Phi) is 11.6. The number of rotatable bonds is 3. The molecular formula is C39H56ClNO9. The number of alkyl halides is 1. The maximum Gasteiger partial charge on any atom is 0.410 e. The molecule has 0 aromatic carbocycles. The Hall–Kier alpha value is -2.21. The molecule has 1 aliphatic carbocycles. The van der Waals surface area contributed by atoms with Crippen LogP contribution >= 0.6 is 11.6 Å². The van der Waals surface area contributed by atoms with Gasteiger partial charge in [0.05, 0.1) is 37.4 Å². The largest absolute Gasteiger partial charge is 0.462 e. The van der Waals surface area contributed by atoms with Gasteiger partial charge >= 0.3 is 12.1 Å². The number of halogens is 1. The predicted molar refractivity (Wildman–Crippen MR) is 188 cm³/mol. The number of hydrogen-bond acceptors (Lipinski definition) is 9. The van der Waals surface area contributed by atoms with Crippen molar-refractivity contribution in [3.63, 3.8) is 0 Å². The minimum Gasteiger partial charge on any atom is -0.462 e. The molecular weight excluding hydrogens is 662 g/mol. The van der Waals surface area contributed by atoms with E-state index in [4.69, 9.17) is 40.0 Å². The average Bonchev–Trinajstić information content (AvgIpc) is 3.44. The van der Waals surface area contributed by atoms with E-state index in [1.807, 2.05) is 19.1 Å². The molecule has 4 unspecified atom stereocenters. The summed E-state index contributed by atoms with van der Waals surface area (Å²) in [6, 6.07) is 0. The lowest BCUT2D eigenvalue weighted by Crippen LogP contribution is -2.59. The Labute approximate surface area is 302 Å². The maximum atomic E-state index is 14.4. The SMILES string of the molecule is CC[C@H](C)C1O[C@]2(CC[C@@H]1C)CC1CC(C/C=C(\C)[C@H](Cl)[C@@H](C)/C=C/C=C3\CO[C@@H]4[C@H](OC(=O)N5CCOCC5)C(C)=CC(C(=O)O1)[C@]34O)O2. The normalized spacial score (nSPS) is 44.5. The van der Waals surface area contributed by atoms with E-state index in [9.17, 15) is 14.7 Å². The van der Waals surface area contributed by atoms with E-state index < -0.39 is 47.7 Å². The number of hydrogen-bond donors (Lipinski definition) is 1. The lowest BCUT2D eigenvalue weighted by molar-refractivity contribution is -0.340. The third-order valence-corrected chi connectivity index (χ3v) is 12.6. The van der Waals surface area contributed by atoms with Gasteiger partial charge in [-0.3, -0.25) is 4.79 Å². The lowest BCUT2D eigenvalue weighted by atomic mass is 9.70. The average molecular weight is 718 g/mol. The van der Waals surface area contributed by atoms with Gasteiger partial charge in [-0.25, -0.2) is 4.79 Å². The summed E-state index contributed by atoms with van der Waals surface area (Å²) in [5.41, 5.74) is 0.359. The number of fused-ring (bicyclic) bond motifs is 2. The molecule has 0 aromatic rings. The maximum absolute atomic E-state index is 14.4. The molecule has 1 spiro atoms. The van der Waals surface area contributed by atoms with Crippen molar-refractivity contribution < 1.29 is 43.1 Å². The Balaban J connectivity index is 1.35. The number of allylic oxidation sites excluding steroid dienone is 4. The number of aliphatic hydroxyl groups is 1. The van der Waals surface area contributed by atoms with Crippen LogP contribution in [0.25, 0.3) is 0 Å². The number of ether oxygens (including phenoxy) is 6. The summed E-state index contributed by atoms with van der Waals surface area (Å²) in [5.74, 6) is -1.79. The molecule has 1 N–H and O–H groups in total. The Morgan fingerprint density at radius 2 is 1.92 bits per heavy atom. The van der Waals surface area contributed by atoms with Crippen molar-refractivity contribution in [1.29, 1.82) is 0 Å². The number of amides is 1. The Morgan fingerprint density at radius 3 is 2.66 bits per heavy atom. The van der Waals surface area contributed by atoms with Crippen LogP contribution in [-0.4, -0.2) is 102 Å². The van der Waals surface area contributed by atoms with Crippen molar-refractivity contribution in [3.8, 4) is 0 Å². The van der Waals surface area contributed by atoms with Gasteiger partial charge in [0.1, 0.15) is 23.7 Å². The van der Waals surface area contributed by atoms with Crippen LogP contribution in [0.2, 0.25) is 0 Å². The summed E-state index contributed by atoms with van der Waals surface area (Å²) in [7, 11) is 0. The van der Waals surface area contributed by atoms with Crippen LogP contribution in [0.3, 0.4) is 0 Å². The second kappa shape index (κ2) is 15.4. The first-order chi connectivity index (χ1) is 23.8. The molecule has 5 heterocycles. The van der Waals surface area contributed by atoms with Crippen LogP contribution in [0.5, 0.6) is 0 Å². The Morgan fingerprint density at radius 1 is 1.16 bits per heavy atom. The summed E-state index contributed by atoms with van der Waals surface area (Å²) >= 11 is 6.97. The smallest absolute Gasteiger partial charge is 0.410 e. The second-order valence-corrected chi connectivity index (χ2v) is 16.0. The quantitative estimate of drug-likeness (QED) is 0.206. The molecule has 0 radical (unpaired) electrons. The first-order valence-corrected chi connectivity index (χ1v) is 19.1. The van der Waals surface area contributed by atoms with Crippen molar-refractivity contribution in [1.82, 2.24) is 4.90 Å². The molecule has 12 atom stereocenters. The van der Waals surface area contributed by atoms with Crippen molar-refractivity contribution in [2.24, 2.45) is 23.7 Å². The van der Waals surface area contributed by atoms with Gasteiger partial charge in [-0.05, 0) is 55.6 Å². The zero-order chi connectivity index (χ0) is 35.8. The van der Waals surface area contributed by atoms with E-state index >= 15 is 0 Å². The highest BCUT2D eigenvalue weighted by molar-refractivity contribution is 6.22. The van der Waals surface area contributed by atoms with Gasteiger partial charge in [-0.2, -0.15) is 0 Å². The monoisotopic (exact) mass is 717 g/mol. The molecule has 50 heavy (non-hydrogen) atoms. The predicted octanol–water partition coefficient (Wildman–Crippen LogP) is 6.25. The second-order valence-electron chi connectivity index (χ2n) is 15.5. The van der Waals surface area contributed by atoms with E-state index in [0.717, 1.165) is 18.4 Å². The fraction of sp³-hybridized carbons (Fsp3) is 0.744. The topological polar surface area (TPSA) is 113 Å². The number of nitrogens with zero attached hydrogens (tertiary/aromatic N) is 1. The number of carbonyl (C=O) groups excluding carboxylic acids is 2. The minimum absolute atomic E-state index is 0.0206. The van der Waals surface area contributed by atoms with Gasteiger partial charge < -0.3 is 38.4 Å². The molecule has 1 amide bonds. The van der Waals surface area contributed by atoms with Gasteiger partial charge in [0.25, 0.3) is 0 Å². The van der Waals surface area contributed by atoms with Gasteiger partial charge in [-0.15, -0.1) is 11.6 Å². The van der Waals surface area contributed by atoms with Crippen molar-refractivity contribution in [2.45, 2.75) is 127 Å². The standard InChI is InChI=1S/C39H56ClNO9/c1-7-23(2)33-26(5)13-14-38(50-33)21-30-20-29(49-38)12-11-25(4)32(40)24(3)9-8-10-28-22-46-35-34(48-37(43)41-15-17-45-18-16-41)27(6)19-31(36(42)47-30)39(28,35)44/h8-11,19,23-24,26,29-35,44H,7,12-18,20-22H2,1-6H3/b9-8+,25-11+,28-10+/t23-,24-,26-,29?,30?,31?,32+,33?,34+,35+,38+,39+/m0/s1. The van der Waals surface area contributed by atoms with E-state index in [-0.39, 0.29) is 30.1 Å². The van der Waals surface area contributed by atoms with Gasteiger partial charge in [0, 0.05) is 32.4 Å². The molecule has 2 bridgehead atoms. The van der Waals surface area contributed by atoms with Crippen LogP contribution in [-0.2, 0) is 33.2 Å². The van der Waals surface area contributed by atoms with Crippen LogP contribution in [0, 0.1) is 23.7 Å². The van der Waals surface area contributed by atoms with Crippen LogP contribution < -0.4 is 0 Å². The zero-order valence-corrected chi connectivity index (χ0v) is 31.2. The van der Waals surface area contributed by atoms with Crippen molar-refractivity contribution >= 4 is 23.7 Å². The van der Waals surface area contributed by atoms with Crippen molar-refractivity contribution in [2.75, 3.05) is 32.9 Å². The summed E-state index contributed by atoms with van der Waals surface area (Å²) in [5, 5.41) is 12.4. The van der Waals surface area contributed by atoms with E-state index in [0.29, 0.717) is 75.0 Å². The molecule has 0 saturated carbocycles. The van der Waals surface area contributed by atoms with Gasteiger partial charge in [0.2, 0.25) is 0 Å².